The lowest BCUT2D eigenvalue weighted by molar-refractivity contribution is -0.134. The Hall–Kier alpha value is -2.47. The first kappa shape index (κ1) is 17.9. The maximum absolute atomic E-state index is 13.6. The number of nitrogens with one attached hydrogen (secondary N) is 1. The molecule has 1 saturated heterocycles. The van der Waals surface area contributed by atoms with Gasteiger partial charge in [-0.15, -0.1) is 0 Å². The molecule has 1 aliphatic heterocycles. The molecule has 1 amide bonds. The summed E-state index contributed by atoms with van der Waals surface area (Å²) in [6.07, 6.45) is 9.44. The number of H-pyrrole nitrogens is 1. The highest BCUT2D eigenvalue weighted by Gasteiger charge is 2.28. The van der Waals surface area contributed by atoms with Crippen molar-refractivity contribution in [1.29, 1.82) is 0 Å². The zero-order chi connectivity index (χ0) is 18.6. The summed E-state index contributed by atoms with van der Waals surface area (Å²) in [4.78, 5) is 15.7. The normalized spacial score (nSPS) is 16.7. The van der Waals surface area contributed by atoms with E-state index < -0.39 is 6.04 Å². The Kier molecular flexibility index (Phi) is 5.34. The van der Waals surface area contributed by atoms with Gasteiger partial charge in [-0.25, -0.2) is 0 Å². The predicted molar refractivity (Wildman–Crippen MR) is 109 cm³/mol. The van der Waals surface area contributed by atoms with E-state index in [2.05, 4.69) is 10.2 Å². The SMILES string of the molecule is O=C(C(c1ccccc1)n1ccc2[nH]ncc2c1=S)N1CCCCCCC1. The van der Waals surface area contributed by atoms with Crippen molar-refractivity contribution in [1.82, 2.24) is 19.7 Å². The van der Waals surface area contributed by atoms with Gasteiger partial charge in [-0.3, -0.25) is 9.89 Å². The molecule has 3 heterocycles. The Morgan fingerprint density at radius 3 is 2.48 bits per heavy atom. The molecule has 1 fully saturated rings. The number of aromatic nitrogens is 3. The molecule has 1 aliphatic rings. The lowest BCUT2D eigenvalue weighted by Gasteiger charge is -2.30. The lowest BCUT2D eigenvalue weighted by Crippen LogP contribution is -2.39. The standard InChI is InChI=1S/C21H24N4OS/c26-20(24-12-7-2-1-3-8-13-24)19(16-9-5-4-6-10-16)25-14-11-18-17(21(25)27)15-22-23-18/h4-6,9-11,14-15,19H,1-3,7-8,12-13H2,(H,22,23). The van der Waals surface area contributed by atoms with Gasteiger partial charge in [0, 0.05) is 19.3 Å². The Balaban J connectivity index is 1.78. The number of carbonyl (C=O) groups is 1. The summed E-state index contributed by atoms with van der Waals surface area (Å²) in [5.74, 6) is 0.127. The number of hydrogen-bond donors (Lipinski definition) is 1. The molecule has 4 rings (SSSR count). The van der Waals surface area contributed by atoms with Gasteiger partial charge in [0.25, 0.3) is 0 Å². The van der Waals surface area contributed by atoms with Gasteiger partial charge in [-0.05, 0) is 24.5 Å². The molecule has 3 aromatic rings. The Bertz CT molecular complexity index is 971. The highest BCUT2D eigenvalue weighted by Crippen LogP contribution is 2.25. The summed E-state index contributed by atoms with van der Waals surface area (Å²) in [5, 5.41) is 7.91. The Morgan fingerprint density at radius 1 is 1.04 bits per heavy atom. The van der Waals surface area contributed by atoms with Crippen LogP contribution in [0, 0.1) is 4.64 Å². The predicted octanol–water partition coefficient (Wildman–Crippen LogP) is 4.48. The summed E-state index contributed by atoms with van der Waals surface area (Å²) < 4.78 is 2.55. The van der Waals surface area contributed by atoms with Crippen molar-refractivity contribution >= 4 is 29.0 Å². The van der Waals surface area contributed by atoms with Gasteiger partial charge in [0.15, 0.2) is 0 Å². The highest BCUT2D eigenvalue weighted by molar-refractivity contribution is 7.71. The van der Waals surface area contributed by atoms with E-state index in [9.17, 15) is 4.79 Å². The summed E-state index contributed by atoms with van der Waals surface area (Å²) >= 11 is 5.72. The smallest absolute Gasteiger partial charge is 0.250 e. The van der Waals surface area contributed by atoms with Crippen LogP contribution in [0.1, 0.15) is 43.7 Å². The van der Waals surface area contributed by atoms with Crippen molar-refractivity contribution in [3.05, 3.63) is 59.0 Å². The number of hydrogen-bond acceptors (Lipinski definition) is 3. The second kappa shape index (κ2) is 8.05. The third kappa shape index (κ3) is 3.67. The van der Waals surface area contributed by atoms with E-state index >= 15 is 0 Å². The minimum atomic E-state index is -0.447. The van der Waals surface area contributed by atoms with Crippen LogP contribution in [0.5, 0.6) is 0 Å². The topological polar surface area (TPSA) is 53.9 Å². The minimum Gasteiger partial charge on any atom is -0.341 e. The fourth-order valence-electron chi connectivity index (χ4n) is 3.86. The quantitative estimate of drug-likeness (QED) is 0.682. The van der Waals surface area contributed by atoms with Gasteiger partial charge >= 0.3 is 0 Å². The minimum absolute atomic E-state index is 0.127. The third-order valence-corrected chi connectivity index (χ3v) is 5.76. The van der Waals surface area contributed by atoms with Gasteiger partial charge in [0.2, 0.25) is 5.91 Å². The van der Waals surface area contributed by atoms with Crippen LogP contribution in [0.3, 0.4) is 0 Å². The molecule has 2 aromatic heterocycles. The molecular weight excluding hydrogens is 356 g/mol. The van der Waals surface area contributed by atoms with Gasteiger partial charge in [0.1, 0.15) is 10.7 Å². The zero-order valence-corrected chi connectivity index (χ0v) is 16.1. The summed E-state index contributed by atoms with van der Waals surface area (Å²) in [6, 6.07) is 11.4. The first-order chi connectivity index (χ1) is 13.3. The number of fused-ring (bicyclic) bond motifs is 1. The highest BCUT2D eigenvalue weighted by atomic mass is 32.1. The fourth-order valence-corrected chi connectivity index (χ4v) is 4.19. The van der Waals surface area contributed by atoms with Gasteiger partial charge in [0.05, 0.1) is 17.1 Å². The number of nitrogens with zero attached hydrogens (tertiary/aromatic N) is 3. The van der Waals surface area contributed by atoms with Crippen LogP contribution in [0.4, 0.5) is 0 Å². The van der Waals surface area contributed by atoms with Crippen molar-refractivity contribution in [2.75, 3.05) is 13.1 Å². The second-order valence-electron chi connectivity index (χ2n) is 7.13. The summed E-state index contributed by atoms with van der Waals surface area (Å²) in [6.45, 7) is 1.65. The second-order valence-corrected chi connectivity index (χ2v) is 7.52. The molecular formula is C21H24N4OS. The molecule has 6 heteroatoms. The maximum Gasteiger partial charge on any atom is 0.250 e. The van der Waals surface area contributed by atoms with Crippen LogP contribution >= 0.6 is 12.2 Å². The van der Waals surface area contributed by atoms with Gasteiger partial charge < -0.3 is 9.47 Å². The molecule has 0 radical (unpaired) electrons. The van der Waals surface area contributed by atoms with Gasteiger partial charge in [-0.2, -0.15) is 5.10 Å². The van der Waals surface area contributed by atoms with Crippen LogP contribution in [0.25, 0.3) is 10.9 Å². The monoisotopic (exact) mass is 380 g/mol. The number of benzene rings is 1. The zero-order valence-electron chi connectivity index (χ0n) is 15.3. The number of pyridine rings is 1. The largest absolute Gasteiger partial charge is 0.341 e. The lowest BCUT2D eigenvalue weighted by atomic mass is 10.0. The van der Waals surface area contributed by atoms with Crippen molar-refractivity contribution in [3.8, 4) is 0 Å². The Morgan fingerprint density at radius 2 is 1.74 bits per heavy atom. The van der Waals surface area contributed by atoms with Crippen molar-refractivity contribution in [3.63, 3.8) is 0 Å². The molecule has 0 bridgehead atoms. The van der Waals surface area contributed by atoms with E-state index in [1.165, 1.54) is 19.3 Å². The van der Waals surface area contributed by atoms with E-state index in [1.807, 2.05) is 52.1 Å². The number of carbonyl (C=O) groups excluding carboxylic acids is 1. The molecule has 5 nitrogen and oxygen atoms in total. The van der Waals surface area contributed by atoms with Crippen molar-refractivity contribution < 1.29 is 4.79 Å². The molecule has 0 saturated carbocycles. The molecule has 1 atom stereocenters. The number of likely N-dealkylation sites (tertiary alicyclic amines) is 1. The average Bonchev–Trinajstić information content (AvgIpc) is 3.14. The van der Waals surface area contributed by atoms with Crippen LogP contribution in [-0.2, 0) is 4.79 Å². The molecule has 0 aliphatic carbocycles. The van der Waals surface area contributed by atoms with E-state index in [0.717, 1.165) is 42.4 Å². The molecule has 1 aromatic carbocycles. The number of amides is 1. The van der Waals surface area contributed by atoms with Crippen LogP contribution in [0.15, 0.2) is 48.8 Å². The summed E-state index contributed by atoms with van der Waals surface area (Å²) in [7, 11) is 0. The number of aromatic amines is 1. The van der Waals surface area contributed by atoms with E-state index in [0.29, 0.717) is 4.64 Å². The van der Waals surface area contributed by atoms with Gasteiger partial charge in [-0.1, -0.05) is 61.8 Å². The molecule has 0 spiro atoms. The number of rotatable bonds is 3. The van der Waals surface area contributed by atoms with Crippen LogP contribution in [0.2, 0.25) is 0 Å². The van der Waals surface area contributed by atoms with E-state index in [4.69, 9.17) is 12.2 Å². The first-order valence-corrected chi connectivity index (χ1v) is 10.0. The first-order valence-electron chi connectivity index (χ1n) is 9.63. The third-order valence-electron chi connectivity index (χ3n) is 5.33. The molecule has 140 valence electrons. The van der Waals surface area contributed by atoms with Crippen molar-refractivity contribution in [2.24, 2.45) is 0 Å². The maximum atomic E-state index is 13.6. The van der Waals surface area contributed by atoms with E-state index in [-0.39, 0.29) is 5.91 Å². The Labute approximate surface area is 164 Å². The van der Waals surface area contributed by atoms with Crippen molar-refractivity contribution in [2.45, 2.75) is 38.1 Å². The average molecular weight is 381 g/mol. The fraction of sp³-hybridized carbons (Fsp3) is 0.381. The molecule has 27 heavy (non-hydrogen) atoms. The van der Waals surface area contributed by atoms with E-state index in [1.54, 1.807) is 6.20 Å². The molecule has 1 unspecified atom stereocenters. The summed E-state index contributed by atoms with van der Waals surface area (Å²) in [5.41, 5.74) is 1.85. The van der Waals surface area contributed by atoms with Crippen LogP contribution < -0.4 is 0 Å². The van der Waals surface area contributed by atoms with Crippen LogP contribution in [-0.4, -0.2) is 38.7 Å². The molecule has 1 N–H and O–H groups in total.